The van der Waals surface area contributed by atoms with Crippen molar-refractivity contribution in [3.05, 3.63) is 0 Å². The van der Waals surface area contributed by atoms with Gasteiger partial charge >= 0.3 is 0 Å². The maximum Gasteiger partial charge on any atom is 0.0620 e. The van der Waals surface area contributed by atoms with Crippen molar-refractivity contribution in [3.63, 3.8) is 0 Å². The zero-order valence-corrected chi connectivity index (χ0v) is 9.17. The molecule has 82 valence electrons. The van der Waals surface area contributed by atoms with Crippen LogP contribution in [0.5, 0.6) is 0 Å². The van der Waals surface area contributed by atoms with E-state index in [0.29, 0.717) is 6.04 Å². The molecule has 1 atom stereocenters. The van der Waals surface area contributed by atoms with E-state index in [1.807, 2.05) is 7.11 Å². The van der Waals surface area contributed by atoms with Gasteiger partial charge in [0.1, 0.15) is 0 Å². The van der Waals surface area contributed by atoms with E-state index >= 15 is 0 Å². The predicted octanol–water partition coefficient (Wildman–Crippen LogP) is 0.707. The molecule has 2 fully saturated rings. The molecule has 0 amide bonds. The number of ether oxygens (including phenoxy) is 1. The molecule has 1 saturated heterocycles. The number of hydrogen-bond donors (Lipinski definition) is 1. The molecule has 2 rings (SSSR count). The second kappa shape index (κ2) is 5.10. The van der Waals surface area contributed by atoms with Crippen molar-refractivity contribution in [2.45, 2.75) is 25.3 Å². The Kier molecular flexibility index (Phi) is 3.79. The van der Waals surface area contributed by atoms with E-state index in [9.17, 15) is 0 Å². The predicted molar refractivity (Wildman–Crippen MR) is 57.4 cm³/mol. The molecule has 0 spiro atoms. The molecule has 3 nitrogen and oxygen atoms in total. The maximum absolute atomic E-state index is 5.34. The first-order valence-electron chi connectivity index (χ1n) is 5.85. The fourth-order valence-corrected chi connectivity index (χ4v) is 2.39. The van der Waals surface area contributed by atoms with Gasteiger partial charge in [-0.2, -0.15) is 0 Å². The SMILES string of the molecule is COCC(C1CC1)N1CCCNCC1. The Morgan fingerprint density at radius 2 is 2.21 bits per heavy atom. The van der Waals surface area contributed by atoms with Crippen molar-refractivity contribution in [1.29, 1.82) is 0 Å². The van der Waals surface area contributed by atoms with Gasteiger partial charge in [-0.25, -0.2) is 0 Å². The summed E-state index contributed by atoms with van der Waals surface area (Å²) in [6.07, 6.45) is 4.11. The highest BCUT2D eigenvalue weighted by Crippen LogP contribution is 2.35. The van der Waals surface area contributed by atoms with Gasteiger partial charge in [-0.05, 0) is 38.3 Å². The maximum atomic E-state index is 5.34. The van der Waals surface area contributed by atoms with Crippen LogP contribution in [0.25, 0.3) is 0 Å². The highest BCUT2D eigenvalue weighted by molar-refractivity contribution is 4.89. The Bertz CT molecular complexity index is 163. The van der Waals surface area contributed by atoms with E-state index in [1.165, 1.54) is 38.9 Å². The van der Waals surface area contributed by atoms with Gasteiger partial charge in [0, 0.05) is 26.2 Å². The van der Waals surface area contributed by atoms with Gasteiger partial charge in [-0.3, -0.25) is 4.90 Å². The minimum Gasteiger partial charge on any atom is -0.383 e. The number of rotatable bonds is 4. The number of nitrogens with zero attached hydrogens (tertiary/aromatic N) is 1. The van der Waals surface area contributed by atoms with Gasteiger partial charge < -0.3 is 10.1 Å². The Labute approximate surface area is 86.8 Å². The molecule has 0 radical (unpaired) electrons. The first-order valence-corrected chi connectivity index (χ1v) is 5.85. The topological polar surface area (TPSA) is 24.5 Å². The molecule has 0 aromatic carbocycles. The Hall–Kier alpha value is -0.120. The molecular formula is C11H22N2O. The van der Waals surface area contributed by atoms with Gasteiger partial charge in [0.2, 0.25) is 0 Å². The van der Waals surface area contributed by atoms with Crippen LogP contribution in [-0.4, -0.2) is 50.8 Å². The van der Waals surface area contributed by atoms with Crippen LogP contribution < -0.4 is 5.32 Å². The summed E-state index contributed by atoms with van der Waals surface area (Å²) in [6.45, 7) is 5.69. The summed E-state index contributed by atoms with van der Waals surface area (Å²) in [7, 11) is 1.82. The molecule has 1 aliphatic carbocycles. The van der Waals surface area contributed by atoms with Crippen LogP contribution >= 0.6 is 0 Å². The molecule has 1 N–H and O–H groups in total. The molecule has 14 heavy (non-hydrogen) atoms. The number of methoxy groups -OCH3 is 1. The summed E-state index contributed by atoms with van der Waals surface area (Å²) in [5.41, 5.74) is 0. The van der Waals surface area contributed by atoms with Crippen molar-refractivity contribution in [2.75, 3.05) is 39.9 Å². The van der Waals surface area contributed by atoms with Crippen molar-refractivity contribution in [2.24, 2.45) is 5.92 Å². The van der Waals surface area contributed by atoms with E-state index in [4.69, 9.17) is 4.74 Å². The monoisotopic (exact) mass is 198 g/mol. The lowest BCUT2D eigenvalue weighted by Crippen LogP contribution is -2.42. The van der Waals surface area contributed by atoms with Crippen LogP contribution in [0.4, 0.5) is 0 Å². The molecule has 0 bridgehead atoms. The first-order chi connectivity index (χ1) is 6.92. The van der Waals surface area contributed by atoms with Crippen LogP contribution in [0.2, 0.25) is 0 Å². The molecule has 1 heterocycles. The smallest absolute Gasteiger partial charge is 0.0620 e. The third kappa shape index (κ3) is 2.69. The van der Waals surface area contributed by atoms with Crippen molar-refractivity contribution in [3.8, 4) is 0 Å². The van der Waals surface area contributed by atoms with E-state index < -0.39 is 0 Å². The normalized spacial score (nSPS) is 27.2. The fraction of sp³-hybridized carbons (Fsp3) is 1.00. The van der Waals surface area contributed by atoms with Gasteiger partial charge in [-0.15, -0.1) is 0 Å². The molecule has 3 heteroatoms. The standard InChI is InChI=1S/C11H22N2O/c1-14-9-11(10-3-4-10)13-7-2-5-12-6-8-13/h10-12H,2-9H2,1H3. The summed E-state index contributed by atoms with van der Waals surface area (Å²) in [6, 6.07) is 0.694. The van der Waals surface area contributed by atoms with Gasteiger partial charge in [-0.1, -0.05) is 0 Å². The largest absolute Gasteiger partial charge is 0.383 e. The summed E-state index contributed by atoms with van der Waals surface area (Å²) >= 11 is 0. The summed E-state index contributed by atoms with van der Waals surface area (Å²) in [5, 5.41) is 3.45. The fourth-order valence-electron chi connectivity index (χ4n) is 2.39. The number of nitrogens with one attached hydrogen (secondary N) is 1. The summed E-state index contributed by atoms with van der Waals surface area (Å²) in [5.74, 6) is 0.924. The first kappa shape index (κ1) is 10.4. The van der Waals surface area contributed by atoms with E-state index in [-0.39, 0.29) is 0 Å². The average molecular weight is 198 g/mol. The van der Waals surface area contributed by atoms with Crippen LogP contribution in [0.3, 0.4) is 0 Å². The van der Waals surface area contributed by atoms with Gasteiger partial charge in [0.25, 0.3) is 0 Å². The third-order valence-corrected chi connectivity index (χ3v) is 3.35. The molecule has 0 aromatic heterocycles. The number of hydrogen-bond acceptors (Lipinski definition) is 3. The Balaban J connectivity index is 1.86. The summed E-state index contributed by atoms with van der Waals surface area (Å²) in [4.78, 5) is 2.63. The third-order valence-electron chi connectivity index (χ3n) is 3.35. The van der Waals surface area contributed by atoms with Crippen molar-refractivity contribution < 1.29 is 4.74 Å². The lowest BCUT2D eigenvalue weighted by Gasteiger charge is -2.29. The highest BCUT2D eigenvalue weighted by atomic mass is 16.5. The van der Waals surface area contributed by atoms with Crippen molar-refractivity contribution in [1.82, 2.24) is 10.2 Å². The van der Waals surface area contributed by atoms with E-state index in [0.717, 1.165) is 19.1 Å². The Morgan fingerprint density at radius 1 is 1.36 bits per heavy atom. The van der Waals surface area contributed by atoms with Crippen LogP contribution in [0.15, 0.2) is 0 Å². The zero-order chi connectivity index (χ0) is 9.80. The van der Waals surface area contributed by atoms with Crippen LogP contribution in [0, 0.1) is 5.92 Å². The van der Waals surface area contributed by atoms with Crippen molar-refractivity contribution >= 4 is 0 Å². The zero-order valence-electron chi connectivity index (χ0n) is 9.17. The molecule has 1 aliphatic heterocycles. The molecule has 0 aromatic rings. The van der Waals surface area contributed by atoms with E-state index in [1.54, 1.807) is 0 Å². The van der Waals surface area contributed by atoms with Gasteiger partial charge in [0.05, 0.1) is 6.61 Å². The lowest BCUT2D eigenvalue weighted by atomic mass is 10.1. The lowest BCUT2D eigenvalue weighted by molar-refractivity contribution is 0.0817. The molecule has 1 saturated carbocycles. The second-order valence-corrected chi connectivity index (χ2v) is 4.50. The minimum absolute atomic E-state index is 0.694. The second-order valence-electron chi connectivity index (χ2n) is 4.50. The average Bonchev–Trinajstić information content (AvgIpc) is 3.02. The highest BCUT2D eigenvalue weighted by Gasteiger charge is 2.35. The minimum atomic E-state index is 0.694. The molecular weight excluding hydrogens is 176 g/mol. The quantitative estimate of drug-likeness (QED) is 0.720. The molecule has 2 aliphatic rings. The van der Waals surface area contributed by atoms with Crippen LogP contribution in [-0.2, 0) is 4.74 Å². The Morgan fingerprint density at radius 3 is 2.93 bits per heavy atom. The van der Waals surface area contributed by atoms with E-state index in [2.05, 4.69) is 10.2 Å². The van der Waals surface area contributed by atoms with Gasteiger partial charge in [0.15, 0.2) is 0 Å². The van der Waals surface area contributed by atoms with Crippen LogP contribution in [0.1, 0.15) is 19.3 Å². The molecule has 1 unspecified atom stereocenters. The summed E-state index contributed by atoms with van der Waals surface area (Å²) < 4.78 is 5.34.